The SMILES string of the molecule is CCN(CC)C(C(=O)O)c1c(Cl)nc(C)n1C. The minimum absolute atomic E-state index is 0.268. The van der Waals surface area contributed by atoms with E-state index in [1.54, 1.807) is 18.5 Å². The van der Waals surface area contributed by atoms with Crippen molar-refractivity contribution in [3.05, 3.63) is 16.7 Å². The number of likely N-dealkylation sites (N-methyl/N-ethyl adjacent to an activating group) is 1. The highest BCUT2D eigenvalue weighted by atomic mass is 35.5. The molecule has 0 aliphatic heterocycles. The van der Waals surface area contributed by atoms with Crippen molar-refractivity contribution in [3.8, 4) is 0 Å². The molecular formula is C11H18ClN3O2. The monoisotopic (exact) mass is 259 g/mol. The minimum Gasteiger partial charge on any atom is -0.480 e. The Balaban J connectivity index is 3.27. The molecule has 1 atom stereocenters. The fraction of sp³-hybridized carbons (Fsp3) is 0.636. The molecule has 0 bridgehead atoms. The molecule has 0 amide bonds. The Morgan fingerprint density at radius 1 is 1.53 bits per heavy atom. The second kappa shape index (κ2) is 5.51. The van der Waals surface area contributed by atoms with Crippen LogP contribution in [0.25, 0.3) is 0 Å². The predicted molar refractivity (Wildman–Crippen MR) is 66.3 cm³/mol. The van der Waals surface area contributed by atoms with Crippen molar-refractivity contribution in [1.82, 2.24) is 14.5 Å². The highest BCUT2D eigenvalue weighted by molar-refractivity contribution is 6.30. The number of hydrogen-bond donors (Lipinski definition) is 1. The van der Waals surface area contributed by atoms with Crippen LogP contribution in [-0.4, -0.2) is 38.6 Å². The molecule has 0 radical (unpaired) electrons. The summed E-state index contributed by atoms with van der Waals surface area (Å²) in [5.74, 6) is -0.193. The standard InChI is InChI=1S/C11H18ClN3O2/c1-5-15(6-2)9(11(16)17)8-10(12)13-7(3)14(8)4/h9H,5-6H2,1-4H3,(H,16,17). The third kappa shape index (κ3) is 2.61. The highest BCUT2D eigenvalue weighted by Crippen LogP contribution is 2.27. The summed E-state index contributed by atoms with van der Waals surface area (Å²) in [4.78, 5) is 17.4. The van der Waals surface area contributed by atoms with Crippen molar-refractivity contribution < 1.29 is 9.90 Å². The Morgan fingerprint density at radius 3 is 2.35 bits per heavy atom. The number of hydrogen-bond acceptors (Lipinski definition) is 3. The number of imidazole rings is 1. The Labute approximate surface area is 106 Å². The molecule has 5 nitrogen and oxygen atoms in total. The number of aromatic nitrogens is 2. The number of carboxylic acids is 1. The van der Waals surface area contributed by atoms with Gasteiger partial charge in [0, 0.05) is 7.05 Å². The summed E-state index contributed by atoms with van der Waals surface area (Å²) in [6.45, 7) is 6.95. The summed E-state index contributed by atoms with van der Waals surface area (Å²) >= 11 is 6.03. The van der Waals surface area contributed by atoms with Gasteiger partial charge in [0.2, 0.25) is 0 Å². The first-order chi connectivity index (χ1) is 7.93. The third-order valence-corrected chi connectivity index (χ3v) is 3.27. The number of carboxylic acid groups (broad SMARTS) is 1. The molecule has 0 fully saturated rings. The zero-order valence-electron chi connectivity index (χ0n) is 10.6. The maximum atomic E-state index is 11.4. The Morgan fingerprint density at radius 2 is 2.06 bits per heavy atom. The minimum atomic E-state index is -0.904. The lowest BCUT2D eigenvalue weighted by Crippen LogP contribution is -2.35. The van der Waals surface area contributed by atoms with Gasteiger partial charge in [-0.05, 0) is 20.0 Å². The molecule has 0 aliphatic rings. The Kier molecular flexibility index (Phi) is 4.54. The zero-order valence-corrected chi connectivity index (χ0v) is 11.3. The van der Waals surface area contributed by atoms with E-state index >= 15 is 0 Å². The molecule has 1 aromatic rings. The van der Waals surface area contributed by atoms with Crippen LogP contribution in [0.2, 0.25) is 5.15 Å². The highest BCUT2D eigenvalue weighted by Gasteiger charge is 2.31. The zero-order chi connectivity index (χ0) is 13.2. The largest absolute Gasteiger partial charge is 0.480 e. The molecule has 1 aromatic heterocycles. The van der Waals surface area contributed by atoms with Gasteiger partial charge in [-0.15, -0.1) is 0 Å². The van der Waals surface area contributed by atoms with Gasteiger partial charge in [0.05, 0.1) is 5.69 Å². The fourth-order valence-corrected chi connectivity index (χ4v) is 2.27. The molecule has 1 heterocycles. The number of nitrogens with zero attached hydrogens (tertiary/aromatic N) is 3. The second-order valence-corrected chi connectivity index (χ2v) is 4.21. The Bertz CT molecular complexity index is 413. The van der Waals surface area contributed by atoms with Crippen molar-refractivity contribution in [2.45, 2.75) is 26.8 Å². The molecular weight excluding hydrogens is 242 g/mol. The van der Waals surface area contributed by atoms with Crippen LogP contribution in [0.1, 0.15) is 31.4 Å². The van der Waals surface area contributed by atoms with Crippen molar-refractivity contribution >= 4 is 17.6 Å². The van der Waals surface area contributed by atoms with Crippen LogP contribution < -0.4 is 0 Å². The lowest BCUT2D eigenvalue weighted by molar-refractivity contribution is -0.143. The molecule has 6 heteroatoms. The van der Waals surface area contributed by atoms with Gasteiger partial charge in [-0.1, -0.05) is 25.4 Å². The predicted octanol–water partition coefficient (Wildman–Crippen LogP) is 1.85. The maximum Gasteiger partial charge on any atom is 0.327 e. The van der Waals surface area contributed by atoms with Gasteiger partial charge < -0.3 is 9.67 Å². The average molecular weight is 260 g/mol. The van der Waals surface area contributed by atoms with Gasteiger partial charge in [-0.25, -0.2) is 4.98 Å². The van der Waals surface area contributed by atoms with E-state index in [1.807, 2.05) is 18.7 Å². The van der Waals surface area contributed by atoms with E-state index in [2.05, 4.69) is 4.98 Å². The Hall–Kier alpha value is -1.07. The summed E-state index contributed by atoms with van der Waals surface area (Å²) in [6, 6.07) is -0.747. The molecule has 1 N–H and O–H groups in total. The van der Waals surface area contributed by atoms with E-state index < -0.39 is 12.0 Å². The maximum absolute atomic E-state index is 11.4. The van der Waals surface area contributed by atoms with E-state index in [1.165, 1.54) is 0 Å². The number of halogens is 1. The number of aryl methyl sites for hydroxylation is 1. The second-order valence-electron chi connectivity index (χ2n) is 3.86. The molecule has 0 spiro atoms. The van der Waals surface area contributed by atoms with Crippen molar-refractivity contribution in [3.63, 3.8) is 0 Å². The lowest BCUT2D eigenvalue weighted by atomic mass is 10.2. The first kappa shape index (κ1) is 14.0. The lowest BCUT2D eigenvalue weighted by Gasteiger charge is -2.26. The summed E-state index contributed by atoms with van der Waals surface area (Å²) in [6.07, 6.45) is 0. The molecule has 17 heavy (non-hydrogen) atoms. The van der Waals surface area contributed by atoms with Crippen LogP contribution in [0, 0.1) is 6.92 Å². The van der Waals surface area contributed by atoms with E-state index in [0.717, 1.165) is 0 Å². The van der Waals surface area contributed by atoms with Gasteiger partial charge in [0.25, 0.3) is 0 Å². The van der Waals surface area contributed by atoms with Crippen LogP contribution in [0.5, 0.6) is 0 Å². The number of rotatable bonds is 5. The summed E-state index contributed by atoms with van der Waals surface area (Å²) < 4.78 is 1.74. The molecule has 0 aliphatic carbocycles. The van der Waals surface area contributed by atoms with Gasteiger partial charge in [0.1, 0.15) is 5.82 Å². The third-order valence-electron chi connectivity index (χ3n) is 2.99. The first-order valence-corrected chi connectivity index (χ1v) is 5.97. The average Bonchev–Trinajstić information content (AvgIpc) is 2.50. The smallest absolute Gasteiger partial charge is 0.327 e. The summed E-state index contributed by atoms with van der Waals surface area (Å²) in [5.41, 5.74) is 0.542. The molecule has 1 rings (SSSR count). The van der Waals surface area contributed by atoms with Gasteiger partial charge in [-0.2, -0.15) is 0 Å². The van der Waals surface area contributed by atoms with E-state index in [9.17, 15) is 9.90 Å². The van der Waals surface area contributed by atoms with Crippen LogP contribution in [-0.2, 0) is 11.8 Å². The van der Waals surface area contributed by atoms with E-state index in [-0.39, 0.29) is 5.15 Å². The molecule has 1 unspecified atom stereocenters. The topological polar surface area (TPSA) is 58.4 Å². The van der Waals surface area contributed by atoms with Crippen LogP contribution in [0.15, 0.2) is 0 Å². The van der Waals surface area contributed by atoms with Gasteiger partial charge >= 0.3 is 5.97 Å². The van der Waals surface area contributed by atoms with Crippen LogP contribution in [0.4, 0.5) is 0 Å². The summed E-state index contributed by atoms with van der Waals surface area (Å²) in [5, 5.41) is 9.64. The fourth-order valence-electron chi connectivity index (χ4n) is 1.92. The van der Waals surface area contributed by atoms with Crippen LogP contribution in [0.3, 0.4) is 0 Å². The molecule has 0 aromatic carbocycles. The number of carbonyl (C=O) groups is 1. The quantitative estimate of drug-likeness (QED) is 0.877. The molecule has 0 saturated carbocycles. The van der Waals surface area contributed by atoms with Gasteiger partial charge in [-0.3, -0.25) is 9.69 Å². The van der Waals surface area contributed by atoms with Gasteiger partial charge in [0.15, 0.2) is 11.2 Å². The van der Waals surface area contributed by atoms with E-state index in [0.29, 0.717) is 24.6 Å². The first-order valence-electron chi connectivity index (χ1n) is 5.59. The number of aliphatic carboxylic acids is 1. The summed E-state index contributed by atoms with van der Waals surface area (Å²) in [7, 11) is 1.78. The van der Waals surface area contributed by atoms with Crippen molar-refractivity contribution in [2.75, 3.05) is 13.1 Å². The molecule has 96 valence electrons. The van der Waals surface area contributed by atoms with E-state index in [4.69, 9.17) is 11.6 Å². The molecule has 0 saturated heterocycles. The van der Waals surface area contributed by atoms with Crippen molar-refractivity contribution in [1.29, 1.82) is 0 Å². The normalized spacial score (nSPS) is 13.1. The van der Waals surface area contributed by atoms with Crippen LogP contribution >= 0.6 is 11.6 Å². The van der Waals surface area contributed by atoms with Crippen molar-refractivity contribution in [2.24, 2.45) is 7.05 Å².